The number of rotatable bonds is 2. The van der Waals surface area contributed by atoms with E-state index in [2.05, 4.69) is 15.2 Å². The number of aromatic nitrogens is 3. The van der Waals surface area contributed by atoms with Crippen LogP contribution in [0, 0.1) is 0 Å². The number of halogens is 3. The molecule has 0 saturated carbocycles. The van der Waals surface area contributed by atoms with Crippen molar-refractivity contribution >= 4 is 5.97 Å². The third-order valence-corrected chi connectivity index (χ3v) is 2.22. The van der Waals surface area contributed by atoms with Crippen LogP contribution in [0.3, 0.4) is 0 Å². The van der Waals surface area contributed by atoms with Gasteiger partial charge in [-0.15, -0.1) is 0 Å². The molecule has 2 rings (SSSR count). The first-order valence-electron chi connectivity index (χ1n) is 4.70. The normalized spacial score (nSPS) is 11.5. The predicted octanol–water partition coefficient (Wildman–Crippen LogP) is 2.19. The summed E-state index contributed by atoms with van der Waals surface area (Å²) in [6.45, 7) is 0. The second-order valence-corrected chi connectivity index (χ2v) is 3.36. The number of hydrogen-bond acceptors (Lipinski definition) is 3. The summed E-state index contributed by atoms with van der Waals surface area (Å²) in [5.41, 5.74) is -2.13. The van der Waals surface area contributed by atoms with Crippen LogP contribution in [-0.2, 0) is 6.18 Å². The summed E-state index contributed by atoms with van der Waals surface area (Å²) in [4.78, 5) is 14.4. The largest absolute Gasteiger partial charge is 0.478 e. The zero-order valence-corrected chi connectivity index (χ0v) is 8.69. The van der Waals surface area contributed by atoms with Gasteiger partial charge in [0, 0.05) is 6.20 Å². The molecule has 0 aromatic carbocycles. The molecule has 2 N–H and O–H groups in total. The SMILES string of the molecule is O=C(O)c1cn[nH]c1-c1ncccc1C(F)(F)F. The number of hydrogen-bond donors (Lipinski definition) is 2. The van der Waals surface area contributed by atoms with Gasteiger partial charge in [-0.1, -0.05) is 0 Å². The number of nitrogens with zero attached hydrogens (tertiary/aromatic N) is 2. The Labute approximate surface area is 98.3 Å². The molecule has 0 aliphatic heterocycles. The smallest absolute Gasteiger partial charge is 0.418 e. The van der Waals surface area contributed by atoms with Crippen LogP contribution in [0.2, 0.25) is 0 Å². The highest BCUT2D eigenvalue weighted by atomic mass is 19.4. The first-order valence-corrected chi connectivity index (χ1v) is 4.70. The molecular formula is C10H6F3N3O2. The standard InChI is InChI=1S/C10H6F3N3O2/c11-10(12,13)6-2-1-3-14-8(6)7-5(9(17)18)4-15-16-7/h1-4H,(H,15,16)(H,17,18). The molecule has 0 spiro atoms. The van der Waals surface area contributed by atoms with E-state index in [1.165, 1.54) is 0 Å². The maximum Gasteiger partial charge on any atom is 0.418 e. The van der Waals surface area contributed by atoms with Crippen molar-refractivity contribution in [3.05, 3.63) is 35.7 Å². The number of carbonyl (C=O) groups is 1. The summed E-state index contributed by atoms with van der Waals surface area (Å²) < 4.78 is 38.3. The van der Waals surface area contributed by atoms with Crippen molar-refractivity contribution in [3.63, 3.8) is 0 Å². The molecule has 0 unspecified atom stereocenters. The molecule has 18 heavy (non-hydrogen) atoms. The van der Waals surface area contributed by atoms with Gasteiger partial charge in [0.2, 0.25) is 0 Å². The predicted molar refractivity (Wildman–Crippen MR) is 53.8 cm³/mol. The quantitative estimate of drug-likeness (QED) is 0.864. The van der Waals surface area contributed by atoms with Crippen molar-refractivity contribution in [2.24, 2.45) is 0 Å². The molecule has 8 heteroatoms. The van der Waals surface area contributed by atoms with Crippen molar-refractivity contribution < 1.29 is 23.1 Å². The van der Waals surface area contributed by atoms with Crippen molar-refractivity contribution in [3.8, 4) is 11.4 Å². The third-order valence-electron chi connectivity index (χ3n) is 2.22. The molecule has 2 aromatic heterocycles. The van der Waals surface area contributed by atoms with Crippen LogP contribution < -0.4 is 0 Å². The van der Waals surface area contributed by atoms with E-state index >= 15 is 0 Å². The summed E-state index contributed by atoms with van der Waals surface area (Å²) in [5, 5.41) is 14.5. The minimum absolute atomic E-state index is 0.268. The second kappa shape index (κ2) is 4.13. The van der Waals surface area contributed by atoms with E-state index in [0.717, 1.165) is 24.5 Å². The van der Waals surface area contributed by atoms with Crippen LogP contribution in [-0.4, -0.2) is 26.3 Å². The summed E-state index contributed by atoms with van der Waals surface area (Å²) in [6, 6.07) is 1.96. The van der Waals surface area contributed by atoms with Crippen molar-refractivity contribution in [1.82, 2.24) is 15.2 Å². The summed E-state index contributed by atoms with van der Waals surface area (Å²) in [6.07, 6.45) is -2.53. The Bertz CT molecular complexity index is 592. The molecule has 0 saturated heterocycles. The zero-order chi connectivity index (χ0) is 13.3. The molecule has 0 radical (unpaired) electrons. The van der Waals surface area contributed by atoms with Gasteiger partial charge < -0.3 is 5.11 Å². The van der Waals surface area contributed by atoms with Crippen LogP contribution in [0.1, 0.15) is 15.9 Å². The first-order chi connectivity index (χ1) is 8.41. The Morgan fingerprint density at radius 3 is 2.72 bits per heavy atom. The summed E-state index contributed by atoms with van der Waals surface area (Å²) >= 11 is 0. The molecule has 0 aliphatic rings. The lowest BCUT2D eigenvalue weighted by Gasteiger charge is -2.10. The Balaban J connectivity index is 2.65. The molecular weight excluding hydrogens is 251 g/mol. The van der Waals surface area contributed by atoms with Gasteiger partial charge in [-0.3, -0.25) is 10.1 Å². The number of carboxylic acids is 1. The molecule has 0 aliphatic carbocycles. The topological polar surface area (TPSA) is 78.9 Å². The average molecular weight is 257 g/mol. The van der Waals surface area contributed by atoms with E-state index in [0.29, 0.717) is 0 Å². The van der Waals surface area contributed by atoms with E-state index in [4.69, 9.17) is 5.11 Å². The molecule has 94 valence electrons. The van der Waals surface area contributed by atoms with Crippen LogP contribution in [0.5, 0.6) is 0 Å². The Hall–Kier alpha value is -2.38. The van der Waals surface area contributed by atoms with Crippen LogP contribution in [0.4, 0.5) is 13.2 Å². The maximum absolute atomic E-state index is 12.8. The van der Waals surface area contributed by atoms with E-state index in [-0.39, 0.29) is 11.3 Å². The third kappa shape index (κ3) is 2.04. The molecule has 5 nitrogen and oxygen atoms in total. The van der Waals surface area contributed by atoms with Crippen LogP contribution in [0.25, 0.3) is 11.4 Å². The highest BCUT2D eigenvalue weighted by Crippen LogP contribution is 2.35. The monoisotopic (exact) mass is 257 g/mol. The van der Waals surface area contributed by atoms with Gasteiger partial charge >= 0.3 is 12.1 Å². The lowest BCUT2D eigenvalue weighted by atomic mass is 10.1. The lowest BCUT2D eigenvalue weighted by molar-refractivity contribution is -0.137. The fourth-order valence-electron chi connectivity index (χ4n) is 1.46. The molecule has 0 bridgehead atoms. The number of pyridine rings is 1. The van der Waals surface area contributed by atoms with Gasteiger partial charge in [0.15, 0.2) is 0 Å². The number of alkyl halides is 3. The number of H-pyrrole nitrogens is 1. The van der Waals surface area contributed by atoms with E-state index in [1.807, 2.05) is 0 Å². The van der Waals surface area contributed by atoms with Gasteiger partial charge in [-0.25, -0.2) is 4.79 Å². The molecule has 2 heterocycles. The first kappa shape index (κ1) is 12.1. The molecule has 0 fully saturated rings. The minimum atomic E-state index is -4.62. The fourth-order valence-corrected chi connectivity index (χ4v) is 1.46. The number of aromatic carboxylic acids is 1. The Morgan fingerprint density at radius 2 is 2.11 bits per heavy atom. The molecule has 2 aromatic rings. The highest BCUT2D eigenvalue weighted by Gasteiger charge is 2.35. The number of carboxylic acid groups (broad SMARTS) is 1. The van der Waals surface area contributed by atoms with Gasteiger partial charge in [0.25, 0.3) is 0 Å². The van der Waals surface area contributed by atoms with Gasteiger partial charge in [-0.05, 0) is 12.1 Å². The highest BCUT2D eigenvalue weighted by molar-refractivity contribution is 5.94. The van der Waals surface area contributed by atoms with E-state index in [9.17, 15) is 18.0 Å². The minimum Gasteiger partial charge on any atom is -0.478 e. The maximum atomic E-state index is 12.8. The van der Waals surface area contributed by atoms with Crippen LogP contribution in [0.15, 0.2) is 24.5 Å². The summed E-state index contributed by atoms with van der Waals surface area (Å²) in [7, 11) is 0. The fraction of sp³-hybridized carbons (Fsp3) is 0.100. The molecule has 0 amide bonds. The molecule has 0 atom stereocenters. The van der Waals surface area contributed by atoms with E-state index < -0.39 is 23.4 Å². The summed E-state index contributed by atoms with van der Waals surface area (Å²) in [5.74, 6) is -1.38. The zero-order valence-electron chi connectivity index (χ0n) is 8.69. The average Bonchev–Trinajstić information content (AvgIpc) is 2.76. The van der Waals surface area contributed by atoms with Gasteiger partial charge in [-0.2, -0.15) is 18.3 Å². The lowest BCUT2D eigenvalue weighted by Crippen LogP contribution is -2.09. The van der Waals surface area contributed by atoms with E-state index in [1.54, 1.807) is 0 Å². The Morgan fingerprint density at radius 1 is 1.39 bits per heavy atom. The van der Waals surface area contributed by atoms with Gasteiger partial charge in [0.1, 0.15) is 11.3 Å². The second-order valence-electron chi connectivity index (χ2n) is 3.36. The Kier molecular flexibility index (Phi) is 2.77. The number of nitrogens with one attached hydrogen (secondary N) is 1. The number of aromatic amines is 1. The van der Waals surface area contributed by atoms with Crippen LogP contribution >= 0.6 is 0 Å². The van der Waals surface area contributed by atoms with Gasteiger partial charge in [0.05, 0.1) is 17.5 Å². The van der Waals surface area contributed by atoms with Crippen molar-refractivity contribution in [2.45, 2.75) is 6.18 Å². The van der Waals surface area contributed by atoms with Crippen molar-refractivity contribution in [2.75, 3.05) is 0 Å². The van der Waals surface area contributed by atoms with Crippen molar-refractivity contribution in [1.29, 1.82) is 0 Å².